The van der Waals surface area contributed by atoms with Crippen molar-refractivity contribution in [3.8, 4) is 17.1 Å². The molecule has 0 atom stereocenters. The molecule has 0 spiro atoms. The maximum atomic E-state index is 12.9. The van der Waals surface area contributed by atoms with Gasteiger partial charge in [0.05, 0.1) is 31.7 Å². The van der Waals surface area contributed by atoms with Crippen LogP contribution in [0.15, 0.2) is 68.2 Å². The van der Waals surface area contributed by atoms with Gasteiger partial charge in [-0.05, 0) is 49.8 Å². The Kier molecular flexibility index (Phi) is 12.1. The van der Waals surface area contributed by atoms with Gasteiger partial charge in [-0.3, -0.25) is 0 Å². The van der Waals surface area contributed by atoms with Crippen molar-refractivity contribution in [1.29, 1.82) is 0 Å². The van der Waals surface area contributed by atoms with Gasteiger partial charge >= 0.3 is 5.63 Å². The van der Waals surface area contributed by atoms with Gasteiger partial charge in [0, 0.05) is 66.2 Å². The number of allylic oxidation sites excluding steroid dienone is 2. The smallest absolute Gasteiger partial charge is 0.347 e. The summed E-state index contributed by atoms with van der Waals surface area (Å²) in [5.41, 5.74) is 1.64. The molecule has 14 heteroatoms. The van der Waals surface area contributed by atoms with Gasteiger partial charge in [0.1, 0.15) is 41.5 Å². The van der Waals surface area contributed by atoms with Gasteiger partial charge in [0.25, 0.3) is 0 Å². The summed E-state index contributed by atoms with van der Waals surface area (Å²) in [5.74, 6) is -0.204. The molecule has 0 fully saturated rings. The molecule has 2 heterocycles. The topological polar surface area (TPSA) is 184 Å². The number of rotatable bonds is 14. The average molecular weight is 728 g/mol. The largest absolute Gasteiger partial charge is 0.748 e. The highest BCUT2D eigenvalue weighted by molar-refractivity contribution is 7.85. The van der Waals surface area contributed by atoms with E-state index in [1.165, 1.54) is 6.08 Å². The Morgan fingerprint density at radius 1 is 0.860 bits per heavy atom. The van der Waals surface area contributed by atoms with Crippen LogP contribution in [-0.2, 0) is 25.7 Å². The number of hydrogen-bond acceptors (Lipinski definition) is 11. The highest BCUT2D eigenvalue weighted by atomic mass is 32.2. The zero-order valence-corrected chi connectivity index (χ0v) is 30.5. The molecule has 1 aromatic heterocycles. The number of nitrogens with zero attached hydrogens (tertiary/aromatic N) is 2. The molecule has 4 rings (SSSR count). The predicted molar refractivity (Wildman–Crippen MR) is 193 cm³/mol. The van der Waals surface area contributed by atoms with Gasteiger partial charge in [-0.15, -0.1) is 0 Å². The summed E-state index contributed by atoms with van der Waals surface area (Å²) in [6.07, 6.45) is 6.68. The summed E-state index contributed by atoms with van der Waals surface area (Å²) in [6, 6.07) is 12.6. The molecule has 2 aliphatic rings. The number of aromatic hydroxyl groups is 1. The van der Waals surface area contributed by atoms with Crippen LogP contribution in [0.4, 0.5) is 5.69 Å². The number of anilines is 1. The molecule has 0 bridgehead atoms. The van der Waals surface area contributed by atoms with E-state index in [-0.39, 0.29) is 37.2 Å². The Hall–Kier alpha value is -4.24. The first-order valence-electron chi connectivity index (χ1n) is 16.3. The van der Waals surface area contributed by atoms with Crippen LogP contribution < -0.4 is 20.5 Å². The molecule has 1 aromatic carbocycles. The molecule has 1 aliphatic carbocycles. The van der Waals surface area contributed by atoms with Crippen LogP contribution in [0, 0.1) is 0 Å². The molecule has 0 saturated heterocycles. The molecule has 1 aliphatic heterocycles. The van der Waals surface area contributed by atoms with Crippen LogP contribution >= 0.6 is 0 Å². The second-order valence-corrected chi connectivity index (χ2v) is 16.0. The first-order chi connectivity index (χ1) is 23.4. The SMILES string of the molecule is CCN(CC)c1ccc2c(O)c(/C=C/C=C/c3cc(C(C)(C)C)oc4cc(=[N+](CCCS(=O)(=O)[O-])CCCS(=O)(=O)[O-])ccc3-4)c(=O)oc2c1. The average Bonchev–Trinajstić information content (AvgIpc) is 3.02. The second-order valence-electron chi connectivity index (χ2n) is 12.9. The molecule has 12 nitrogen and oxygen atoms in total. The molecule has 1 N–H and O–H groups in total. The van der Waals surface area contributed by atoms with Gasteiger partial charge in [-0.2, -0.15) is 0 Å². The van der Waals surface area contributed by atoms with Crippen molar-refractivity contribution in [3.63, 3.8) is 0 Å². The van der Waals surface area contributed by atoms with E-state index in [1.54, 1.807) is 41.0 Å². The van der Waals surface area contributed by atoms with E-state index in [0.29, 0.717) is 27.8 Å². The van der Waals surface area contributed by atoms with E-state index < -0.39 is 42.8 Å². The molecular formula is C36H43N2O10S2-. The fraction of sp³-hybridized carbons (Fsp3) is 0.389. The van der Waals surface area contributed by atoms with Gasteiger partial charge in [-0.25, -0.2) is 26.2 Å². The monoisotopic (exact) mass is 727 g/mol. The van der Waals surface area contributed by atoms with Crippen molar-refractivity contribution >= 4 is 49.0 Å². The fourth-order valence-electron chi connectivity index (χ4n) is 5.57. The number of hydrogen-bond donors (Lipinski definition) is 1. The Labute approximate surface area is 292 Å². The highest BCUT2D eigenvalue weighted by Crippen LogP contribution is 2.33. The van der Waals surface area contributed by atoms with E-state index in [9.17, 15) is 35.8 Å². The Morgan fingerprint density at radius 2 is 1.48 bits per heavy atom. The standard InChI is InChI=1S/C36H44N2O10S2/c1-6-37(7-2)26-15-17-29-32(23-26)48-35(40)30(34(29)39)13-9-8-12-25-22-33(36(3,4)5)47-31-24-27(14-16-28(25)31)38(18-10-20-49(41,42)43)19-11-21-50(44,45)46/h8-9,12-17,22-24H,6-7,10-11,18-21H2,1-5H3,(H2,41,42,43,44,45,46)/p-1. The molecule has 0 radical (unpaired) electrons. The van der Waals surface area contributed by atoms with Crippen molar-refractivity contribution in [3.05, 3.63) is 87.3 Å². The van der Waals surface area contributed by atoms with Crippen LogP contribution in [0.25, 0.3) is 34.4 Å². The van der Waals surface area contributed by atoms with Crippen LogP contribution in [0.1, 0.15) is 64.3 Å². The van der Waals surface area contributed by atoms with Crippen molar-refractivity contribution in [2.24, 2.45) is 0 Å². The molecule has 270 valence electrons. The van der Waals surface area contributed by atoms with Crippen molar-refractivity contribution in [2.45, 2.75) is 52.9 Å². The second kappa shape index (κ2) is 15.8. The predicted octanol–water partition coefficient (Wildman–Crippen LogP) is 4.71. The van der Waals surface area contributed by atoms with Crippen LogP contribution in [-0.4, -0.2) is 68.7 Å². The first-order valence-corrected chi connectivity index (χ1v) is 19.5. The van der Waals surface area contributed by atoms with Crippen molar-refractivity contribution in [1.82, 2.24) is 4.58 Å². The molecular weight excluding hydrogens is 685 g/mol. The lowest BCUT2D eigenvalue weighted by molar-refractivity contribution is 0.404. The van der Waals surface area contributed by atoms with Crippen LogP contribution in [0.3, 0.4) is 0 Å². The molecule has 0 unspecified atom stereocenters. The van der Waals surface area contributed by atoms with E-state index in [0.717, 1.165) is 29.9 Å². The van der Waals surface area contributed by atoms with E-state index >= 15 is 0 Å². The zero-order chi connectivity index (χ0) is 36.9. The van der Waals surface area contributed by atoms with Gasteiger partial charge < -0.3 is 27.9 Å². The Morgan fingerprint density at radius 3 is 2.06 bits per heavy atom. The van der Waals surface area contributed by atoms with Gasteiger partial charge in [-0.1, -0.05) is 39.0 Å². The van der Waals surface area contributed by atoms with Crippen molar-refractivity contribution < 1.29 is 39.9 Å². The number of benzene rings is 2. The molecule has 0 amide bonds. The third-order valence-corrected chi connectivity index (χ3v) is 9.79. The summed E-state index contributed by atoms with van der Waals surface area (Å²) >= 11 is 0. The van der Waals surface area contributed by atoms with Crippen LogP contribution in [0.2, 0.25) is 0 Å². The normalized spacial score (nSPS) is 12.9. The zero-order valence-electron chi connectivity index (χ0n) is 28.8. The lowest BCUT2D eigenvalue weighted by atomic mass is 9.90. The van der Waals surface area contributed by atoms with E-state index in [2.05, 4.69) is 4.90 Å². The lowest BCUT2D eigenvalue weighted by Gasteiger charge is -2.21. The summed E-state index contributed by atoms with van der Waals surface area (Å²) in [5, 5.41) is 12.0. The Bertz CT molecular complexity index is 2180. The fourth-order valence-corrected chi connectivity index (χ4v) is 6.54. The maximum Gasteiger partial charge on any atom is 0.347 e. The van der Waals surface area contributed by atoms with E-state index in [1.807, 2.05) is 58.9 Å². The minimum absolute atomic E-state index is 0.00988. The minimum atomic E-state index is -4.45. The summed E-state index contributed by atoms with van der Waals surface area (Å²) in [4.78, 5) is 15.0. The molecule has 50 heavy (non-hydrogen) atoms. The summed E-state index contributed by atoms with van der Waals surface area (Å²) < 4.78 is 80.8. The van der Waals surface area contributed by atoms with Crippen molar-refractivity contribution in [2.75, 3.05) is 42.6 Å². The third-order valence-electron chi connectivity index (χ3n) is 8.21. The van der Waals surface area contributed by atoms with E-state index in [4.69, 9.17) is 8.83 Å². The number of fused-ring (bicyclic) bond motifs is 2. The molecule has 0 saturated carbocycles. The highest BCUT2D eigenvalue weighted by Gasteiger charge is 2.22. The summed E-state index contributed by atoms with van der Waals surface area (Å²) in [6.45, 7) is 11.8. The first kappa shape index (κ1) is 38.6. The lowest BCUT2D eigenvalue weighted by Crippen LogP contribution is -2.33. The summed E-state index contributed by atoms with van der Waals surface area (Å²) in [7, 11) is -8.90. The van der Waals surface area contributed by atoms with Gasteiger partial charge in [0.2, 0.25) is 5.36 Å². The third kappa shape index (κ3) is 10.2. The minimum Gasteiger partial charge on any atom is -0.748 e. The Balaban J connectivity index is 1.72. The van der Waals surface area contributed by atoms with Crippen LogP contribution in [0.5, 0.6) is 5.75 Å². The quantitative estimate of drug-likeness (QED) is 0.0821. The maximum absolute atomic E-state index is 12.9. The van der Waals surface area contributed by atoms with Gasteiger partial charge in [0.15, 0.2) is 0 Å². The molecule has 2 aromatic rings.